The van der Waals surface area contributed by atoms with E-state index in [1.54, 1.807) is 13.8 Å². The molecule has 0 amide bonds. The number of hydrogen-bond acceptors (Lipinski definition) is 4. The Morgan fingerprint density at radius 3 is 2.04 bits per heavy atom. The average molecular weight is 417 g/mol. The van der Waals surface area contributed by atoms with Crippen molar-refractivity contribution in [3.63, 3.8) is 0 Å². The Bertz CT molecular complexity index is 629. The maximum atomic E-state index is 13.7. The first kappa shape index (κ1) is 22.6. The fraction of sp³-hybridized carbons (Fsp3) is 0.667. The van der Waals surface area contributed by atoms with Crippen molar-refractivity contribution in [2.45, 2.75) is 38.2 Å². The van der Waals surface area contributed by atoms with E-state index in [-0.39, 0.29) is 18.9 Å². The molecule has 0 spiro atoms. The molecule has 1 atom stereocenters. The predicted molar refractivity (Wildman–Crippen MR) is 75.4 cm³/mol. The van der Waals surface area contributed by atoms with Gasteiger partial charge in [-0.3, -0.25) is 0 Å². The molecule has 1 aromatic rings. The van der Waals surface area contributed by atoms with Crippen molar-refractivity contribution in [2.24, 2.45) is 0 Å². The summed E-state index contributed by atoms with van der Waals surface area (Å²) in [5.74, 6) is -15.0. The lowest BCUT2D eigenvalue weighted by Crippen LogP contribution is -3.14. The molecule has 26 heavy (non-hydrogen) atoms. The van der Waals surface area contributed by atoms with Gasteiger partial charge in [-0.05, 0) is 13.8 Å². The highest BCUT2D eigenvalue weighted by Gasteiger charge is 2.80. The van der Waals surface area contributed by atoms with Crippen LogP contribution in [-0.2, 0) is 0 Å². The zero-order valence-electron chi connectivity index (χ0n) is 13.2. The maximum Gasteiger partial charge on any atom is 0.467 e. The predicted octanol–water partition coefficient (Wildman–Crippen LogP) is 3.12. The number of halogens is 9. The van der Waals surface area contributed by atoms with Crippen LogP contribution in [0.1, 0.15) is 13.8 Å². The molecule has 0 aromatic carbocycles. The zero-order chi connectivity index (χ0) is 20.5. The van der Waals surface area contributed by atoms with E-state index in [4.69, 9.17) is 11.6 Å². The molecule has 0 radical (unpaired) electrons. The Morgan fingerprint density at radius 2 is 1.62 bits per heavy atom. The fourth-order valence-electron chi connectivity index (χ4n) is 1.85. The summed E-state index contributed by atoms with van der Waals surface area (Å²) in [6.45, 7) is 3.70. The van der Waals surface area contributed by atoms with Crippen LogP contribution in [0.15, 0.2) is 6.07 Å². The first-order valence-corrected chi connectivity index (χ1v) is 7.37. The Morgan fingerprint density at radius 1 is 1.12 bits per heavy atom. The molecule has 150 valence electrons. The third-order valence-electron chi connectivity index (χ3n) is 3.34. The van der Waals surface area contributed by atoms with Gasteiger partial charge in [0.2, 0.25) is 0 Å². The second-order valence-electron chi connectivity index (χ2n) is 4.95. The monoisotopic (exact) mass is 416 g/mol. The van der Waals surface area contributed by atoms with Gasteiger partial charge in [0.1, 0.15) is 11.0 Å². The Balaban J connectivity index is 3.40. The minimum atomic E-state index is -6.69. The number of hydrogen-bond donors (Lipinski definition) is 1. The first-order valence-electron chi connectivity index (χ1n) is 6.99. The van der Waals surface area contributed by atoms with Crippen molar-refractivity contribution < 1.29 is 40.2 Å². The molecule has 1 unspecified atom stereocenters. The van der Waals surface area contributed by atoms with E-state index in [0.717, 1.165) is 6.07 Å². The van der Waals surface area contributed by atoms with Crippen molar-refractivity contribution in [1.82, 2.24) is 9.97 Å². The van der Waals surface area contributed by atoms with Crippen LogP contribution in [0.4, 0.5) is 46.9 Å². The Labute approximate surface area is 147 Å². The summed E-state index contributed by atoms with van der Waals surface area (Å²) >= 11 is 5.53. The summed E-state index contributed by atoms with van der Waals surface area (Å²) in [5, 5.41) is 8.11. The summed E-state index contributed by atoms with van der Waals surface area (Å²) < 4.78 is 104. The number of rotatable bonds is 8. The molecule has 5 nitrogen and oxygen atoms in total. The summed E-state index contributed by atoms with van der Waals surface area (Å²) in [6, 6.07) is -5.19. The summed E-state index contributed by atoms with van der Waals surface area (Å²) in [4.78, 5) is 7.71. The molecule has 1 N–H and O–H groups in total. The van der Waals surface area contributed by atoms with E-state index in [1.807, 2.05) is 0 Å². The van der Waals surface area contributed by atoms with E-state index in [9.17, 15) is 40.3 Å². The van der Waals surface area contributed by atoms with Crippen LogP contribution in [-0.4, -0.2) is 47.4 Å². The van der Waals surface area contributed by atoms with Gasteiger partial charge in [-0.25, -0.2) is 13.8 Å². The minimum absolute atomic E-state index is 0.210. The maximum absolute atomic E-state index is 13.7. The van der Waals surface area contributed by atoms with Gasteiger partial charge in [-0.1, -0.05) is 11.6 Å². The highest BCUT2D eigenvalue weighted by atomic mass is 35.5. The molecular weight excluding hydrogens is 404 g/mol. The van der Waals surface area contributed by atoms with Crippen LogP contribution in [0, 0.1) is 5.21 Å². The molecule has 0 aliphatic rings. The zero-order valence-corrected chi connectivity index (χ0v) is 14.0. The van der Waals surface area contributed by atoms with Gasteiger partial charge in [0.15, 0.2) is 0 Å². The lowest BCUT2D eigenvalue weighted by molar-refractivity contribution is -0.909. The summed E-state index contributed by atoms with van der Waals surface area (Å²) in [6.07, 6.45) is -5.14. The van der Waals surface area contributed by atoms with Gasteiger partial charge >= 0.3 is 30.3 Å². The lowest BCUT2D eigenvalue weighted by atomic mass is 10.1. The van der Waals surface area contributed by atoms with Crippen LogP contribution in [0.2, 0.25) is 5.15 Å². The van der Waals surface area contributed by atoms with Crippen molar-refractivity contribution in [3.05, 3.63) is 16.4 Å². The number of alkyl halides is 8. The van der Waals surface area contributed by atoms with Gasteiger partial charge in [-0.15, -0.1) is 8.78 Å². The molecule has 0 bridgehead atoms. The number of nitrogens with zero attached hydrogens (tertiary/aromatic N) is 3. The Kier molecular flexibility index (Phi) is 6.64. The second kappa shape index (κ2) is 7.64. The topological polar surface area (TPSA) is 56.5 Å². The average Bonchev–Trinajstić information content (AvgIpc) is 2.54. The van der Waals surface area contributed by atoms with Crippen molar-refractivity contribution >= 4 is 23.4 Å². The molecule has 0 fully saturated rings. The quantitative estimate of drug-likeness (QED) is 0.306. The normalized spacial score (nSPS) is 14.7. The molecule has 0 aliphatic carbocycles. The van der Waals surface area contributed by atoms with Crippen molar-refractivity contribution in [3.8, 4) is 0 Å². The van der Waals surface area contributed by atoms with Crippen LogP contribution < -0.4 is 9.96 Å². The van der Waals surface area contributed by atoms with Crippen molar-refractivity contribution in [1.29, 1.82) is 0 Å². The van der Waals surface area contributed by atoms with Gasteiger partial charge in [0.25, 0.3) is 0 Å². The van der Waals surface area contributed by atoms with Crippen LogP contribution in [0.3, 0.4) is 0 Å². The summed E-state index contributed by atoms with van der Waals surface area (Å²) in [5.41, 5.74) is 0. The smallest absolute Gasteiger partial charge is 0.467 e. The minimum Gasteiger partial charge on any atom is -0.622 e. The molecule has 0 saturated carbocycles. The third-order valence-corrected chi connectivity index (χ3v) is 3.54. The number of aromatic nitrogens is 2. The van der Waals surface area contributed by atoms with Crippen molar-refractivity contribution in [2.75, 3.05) is 18.0 Å². The van der Waals surface area contributed by atoms with Gasteiger partial charge in [0.05, 0.1) is 0 Å². The molecule has 0 aliphatic heterocycles. The number of quaternary nitrogens is 1. The van der Waals surface area contributed by atoms with Crippen LogP contribution in [0.5, 0.6) is 0 Å². The largest absolute Gasteiger partial charge is 0.622 e. The lowest BCUT2D eigenvalue weighted by Gasteiger charge is -2.36. The van der Waals surface area contributed by atoms with Gasteiger partial charge in [-0.2, -0.15) is 27.5 Å². The van der Waals surface area contributed by atoms with E-state index in [0.29, 0.717) is 0 Å². The van der Waals surface area contributed by atoms with E-state index in [2.05, 4.69) is 9.97 Å². The third kappa shape index (κ3) is 3.78. The number of nitrogens with one attached hydrogen (secondary N) is 1. The molecule has 1 rings (SSSR count). The van der Waals surface area contributed by atoms with E-state index >= 15 is 0 Å². The molecule has 1 aromatic heterocycles. The summed E-state index contributed by atoms with van der Waals surface area (Å²) in [7, 11) is 0. The highest BCUT2D eigenvalue weighted by Crippen LogP contribution is 2.46. The molecular formula is C12H13ClF8N4O. The molecule has 1 heterocycles. The Hall–Kier alpha value is -1.47. The van der Waals surface area contributed by atoms with Crippen LogP contribution >= 0.6 is 11.6 Å². The highest BCUT2D eigenvalue weighted by molar-refractivity contribution is 6.29. The van der Waals surface area contributed by atoms with E-state index in [1.165, 1.54) is 4.90 Å². The SMILES string of the molecule is CCN(CC)c1cc(Cl)nc([NH+]([O-])C(F)(F)C(F)(F)C(F)(F)C(F)F)n1. The fourth-order valence-corrected chi connectivity index (χ4v) is 2.02. The van der Waals surface area contributed by atoms with Gasteiger partial charge < -0.3 is 10.1 Å². The second-order valence-corrected chi connectivity index (χ2v) is 5.33. The van der Waals surface area contributed by atoms with E-state index < -0.39 is 40.5 Å². The molecule has 14 heteroatoms. The van der Waals surface area contributed by atoms with Gasteiger partial charge in [0, 0.05) is 19.2 Å². The first-order chi connectivity index (χ1) is 11.7. The number of hydroxylamine groups is 1. The standard InChI is InChI=1S/C12H13ClF8N4O/c1-3-24(4-2)7-5-6(13)22-9(23-7)25(26)12(20,21)11(18,19)10(16,17)8(14)15/h5,8,25H,3-4H2,1-2H3. The molecule has 0 saturated heterocycles. The van der Waals surface area contributed by atoms with Crippen LogP contribution in [0.25, 0.3) is 0 Å². The number of anilines is 1.